The van der Waals surface area contributed by atoms with Gasteiger partial charge in [0.25, 0.3) is 0 Å². The minimum Gasteiger partial charge on any atom is -0.478 e. The van der Waals surface area contributed by atoms with E-state index in [0.29, 0.717) is 36.7 Å². The maximum absolute atomic E-state index is 15.7. The van der Waals surface area contributed by atoms with Gasteiger partial charge in [0, 0.05) is 36.6 Å². The van der Waals surface area contributed by atoms with Crippen LogP contribution < -0.4 is 4.74 Å². The molecule has 0 spiro atoms. The van der Waals surface area contributed by atoms with Gasteiger partial charge in [0.2, 0.25) is 5.88 Å². The van der Waals surface area contributed by atoms with Crippen LogP contribution in [-0.2, 0) is 22.5 Å². The Labute approximate surface area is 261 Å². The molecule has 234 valence electrons. The molecule has 1 aliphatic heterocycles. The van der Waals surface area contributed by atoms with Gasteiger partial charge in [-0.05, 0) is 54.1 Å². The topological polar surface area (TPSA) is 119 Å². The highest BCUT2D eigenvalue weighted by molar-refractivity contribution is 5.92. The van der Waals surface area contributed by atoms with Gasteiger partial charge in [-0.1, -0.05) is 12.1 Å². The van der Waals surface area contributed by atoms with E-state index in [2.05, 4.69) is 9.97 Å². The number of benzene rings is 3. The van der Waals surface area contributed by atoms with Crippen LogP contribution in [0.5, 0.6) is 5.88 Å². The van der Waals surface area contributed by atoms with E-state index in [4.69, 9.17) is 19.5 Å². The Bertz CT molecular complexity index is 1990. The molecule has 0 unspecified atom stereocenters. The first-order chi connectivity index (χ1) is 22.2. The van der Waals surface area contributed by atoms with Crippen molar-refractivity contribution in [1.29, 1.82) is 5.26 Å². The molecule has 0 aliphatic carbocycles. The number of carboxylic acid groups (broad SMARTS) is 1. The number of methoxy groups -OCH3 is 1. The molecule has 5 aromatic rings. The fourth-order valence-corrected chi connectivity index (χ4v) is 5.64. The summed E-state index contributed by atoms with van der Waals surface area (Å²) in [4.78, 5) is 20.7. The van der Waals surface area contributed by atoms with Crippen molar-refractivity contribution in [2.75, 3.05) is 26.9 Å². The number of hydrogen-bond acceptors (Lipinski definition) is 7. The second-order valence-corrected chi connectivity index (χ2v) is 10.9. The summed E-state index contributed by atoms with van der Waals surface area (Å²) in [5.41, 5.74) is 1.57. The maximum atomic E-state index is 15.7. The molecule has 3 heterocycles. The van der Waals surface area contributed by atoms with Crippen molar-refractivity contribution >= 4 is 17.0 Å². The Hall–Kier alpha value is -5.25. The molecule has 0 saturated carbocycles. The predicted molar refractivity (Wildman–Crippen MR) is 160 cm³/mol. The third-order valence-corrected chi connectivity index (χ3v) is 7.93. The highest BCUT2D eigenvalue weighted by atomic mass is 19.1. The smallest absolute Gasteiger partial charge is 0.335 e. The number of carbonyl (C=O) groups is 1. The highest BCUT2D eigenvalue weighted by Gasteiger charge is 2.33. The minimum atomic E-state index is -1.10. The Morgan fingerprint density at radius 2 is 1.85 bits per heavy atom. The van der Waals surface area contributed by atoms with Crippen LogP contribution in [0, 0.1) is 34.7 Å². The second kappa shape index (κ2) is 13.0. The van der Waals surface area contributed by atoms with Gasteiger partial charge in [0.15, 0.2) is 0 Å². The summed E-state index contributed by atoms with van der Waals surface area (Å²) in [5, 5.41) is 18.5. The van der Waals surface area contributed by atoms with Crippen molar-refractivity contribution in [3.8, 4) is 23.2 Å². The van der Waals surface area contributed by atoms with Crippen molar-refractivity contribution in [2.24, 2.45) is 5.92 Å². The molecule has 0 radical (unpaired) electrons. The van der Waals surface area contributed by atoms with Crippen molar-refractivity contribution in [3.05, 3.63) is 112 Å². The van der Waals surface area contributed by atoms with Gasteiger partial charge >= 0.3 is 5.97 Å². The molecule has 2 aromatic heterocycles. The number of rotatable bonds is 10. The van der Waals surface area contributed by atoms with Crippen LogP contribution in [0.4, 0.5) is 13.2 Å². The number of carboxylic acids is 1. The molecule has 0 amide bonds. The van der Waals surface area contributed by atoms with Crippen LogP contribution in [0.25, 0.3) is 22.3 Å². The molecule has 3 aromatic carbocycles. The number of aromatic nitrogens is 3. The van der Waals surface area contributed by atoms with E-state index in [1.54, 1.807) is 19.2 Å². The normalized spacial score (nSPS) is 16.1. The van der Waals surface area contributed by atoms with Gasteiger partial charge in [-0.25, -0.2) is 27.9 Å². The first kappa shape index (κ1) is 30.8. The number of fused-ring (bicyclic) bond motifs is 1. The average Bonchev–Trinajstić information content (AvgIpc) is 3.65. The quantitative estimate of drug-likeness (QED) is 0.197. The van der Waals surface area contributed by atoms with Crippen molar-refractivity contribution in [2.45, 2.75) is 19.1 Å². The maximum Gasteiger partial charge on any atom is 0.335 e. The summed E-state index contributed by atoms with van der Waals surface area (Å²) in [6, 6.07) is 16.9. The predicted octanol–water partition coefficient (Wildman–Crippen LogP) is 6.09. The lowest BCUT2D eigenvalue weighted by Crippen LogP contribution is -2.23. The molecule has 2 atom stereocenters. The number of hydrogen-bond donors (Lipinski definition) is 1. The largest absolute Gasteiger partial charge is 0.478 e. The van der Waals surface area contributed by atoms with Crippen LogP contribution in [0.15, 0.2) is 66.7 Å². The van der Waals surface area contributed by atoms with Gasteiger partial charge in [-0.15, -0.1) is 0 Å². The Morgan fingerprint density at radius 1 is 1.02 bits per heavy atom. The zero-order valence-electron chi connectivity index (χ0n) is 24.5. The van der Waals surface area contributed by atoms with E-state index in [1.807, 2.05) is 10.6 Å². The first-order valence-electron chi connectivity index (χ1n) is 14.3. The lowest BCUT2D eigenvalue weighted by molar-refractivity contribution is 0.0697. The van der Waals surface area contributed by atoms with E-state index in [1.165, 1.54) is 36.4 Å². The van der Waals surface area contributed by atoms with E-state index in [-0.39, 0.29) is 64.4 Å². The number of pyridine rings is 1. The van der Waals surface area contributed by atoms with Crippen LogP contribution >= 0.6 is 0 Å². The zero-order chi connectivity index (χ0) is 32.4. The van der Waals surface area contributed by atoms with Crippen molar-refractivity contribution in [3.63, 3.8) is 0 Å². The standard InChI is InChI=1S/C34H27F3N4O5/c1-44-15-23-16-45-18-31(23)41-30-11-20(34(42)43)7-8-29(30)39-32(41)12-22-10-27(37)24(13-26(22)36)28-3-2-4-33(40-28)46-17-21-6-5-19(14-38)9-25(21)35/h2-11,13,23,31H,12,15-18H2,1H3,(H,42,43)/t23-,31+/m1/s1. The summed E-state index contributed by atoms with van der Waals surface area (Å²) >= 11 is 0. The summed E-state index contributed by atoms with van der Waals surface area (Å²) in [6.07, 6.45) is -0.0803. The third kappa shape index (κ3) is 6.15. The second-order valence-electron chi connectivity index (χ2n) is 10.9. The Morgan fingerprint density at radius 3 is 2.61 bits per heavy atom. The molecular formula is C34H27F3N4O5. The van der Waals surface area contributed by atoms with E-state index < -0.39 is 23.4 Å². The highest BCUT2D eigenvalue weighted by Crippen LogP contribution is 2.34. The summed E-state index contributed by atoms with van der Waals surface area (Å²) in [6.45, 7) is 0.946. The molecule has 1 fully saturated rings. The van der Waals surface area contributed by atoms with Crippen LogP contribution in [0.2, 0.25) is 0 Å². The average molecular weight is 629 g/mol. The first-order valence-corrected chi connectivity index (χ1v) is 14.3. The fourth-order valence-electron chi connectivity index (χ4n) is 5.64. The van der Waals surface area contributed by atoms with Gasteiger partial charge in [0.05, 0.1) is 59.8 Å². The fraction of sp³-hybridized carbons (Fsp3) is 0.235. The molecule has 9 nitrogen and oxygen atoms in total. The number of ether oxygens (including phenoxy) is 3. The number of imidazole rings is 1. The summed E-state index contributed by atoms with van der Waals surface area (Å²) in [7, 11) is 1.58. The molecule has 1 aliphatic rings. The number of aromatic carboxylic acids is 1. The molecule has 6 rings (SSSR count). The van der Waals surface area contributed by atoms with Crippen molar-refractivity contribution < 1.29 is 37.3 Å². The van der Waals surface area contributed by atoms with Crippen LogP contribution in [-0.4, -0.2) is 52.5 Å². The van der Waals surface area contributed by atoms with Gasteiger partial charge in [0.1, 0.15) is 29.9 Å². The van der Waals surface area contributed by atoms with Gasteiger partial charge < -0.3 is 23.9 Å². The minimum absolute atomic E-state index is 0.0437. The third-order valence-electron chi connectivity index (χ3n) is 7.93. The summed E-state index contributed by atoms with van der Waals surface area (Å²) < 4.78 is 64.1. The van der Waals surface area contributed by atoms with Crippen LogP contribution in [0.3, 0.4) is 0 Å². The van der Waals surface area contributed by atoms with Gasteiger partial charge in [-0.3, -0.25) is 0 Å². The number of halogens is 3. The lowest BCUT2D eigenvalue weighted by atomic mass is 10.0. The SMILES string of the molecule is COC[C@@H]1COC[C@@H]1n1c(Cc2cc(F)c(-c3cccc(OCc4ccc(C#N)cc4F)n3)cc2F)nc2ccc(C(=O)O)cc21. The van der Waals surface area contributed by atoms with Gasteiger partial charge in [-0.2, -0.15) is 5.26 Å². The monoisotopic (exact) mass is 628 g/mol. The number of nitrogens with zero attached hydrogens (tertiary/aromatic N) is 4. The molecular weight excluding hydrogens is 601 g/mol. The summed E-state index contributed by atoms with van der Waals surface area (Å²) in [5.74, 6) is -2.69. The van der Waals surface area contributed by atoms with E-state index >= 15 is 8.78 Å². The molecule has 46 heavy (non-hydrogen) atoms. The van der Waals surface area contributed by atoms with E-state index in [9.17, 15) is 14.3 Å². The van der Waals surface area contributed by atoms with Crippen LogP contribution in [0.1, 0.15) is 38.9 Å². The Kier molecular flexibility index (Phi) is 8.70. The zero-order valence-corrected chi connectivity index (χ0v) is 24.5. The van der Waals surface area contributed by atoms with E-state index in [0.717, 1.165) is 18.2 Å². The molecule has 1 N–H and O–H groups in total. The van der Waals surface area contributed by atoms with Crippen molar-refractivity contribution in [1.82, 2.24) is 14.5 Å². The Balaban J connectivity index is 1.30. The molecule has 12 heteroatoms. The molecule has 1 saturated heterocycles. The molecule has 0 bridgehead atoms. The number of nitriles is 1. The lowest BCUT2D eigenvalue weighted by Gasteiger charge is -2.22.